The van der Waals surface area contributed by atoms with Gasteiger partial charge in [-0.2, -0.15) is 58.9 Å². The number of rotatable bonds is 21. The zero-order valence-electron chi connectivity index (χ0n) is 67.5. The van der Waals surface area contributed by atoms with Crippen molar-refractivity contribution in [3.63, 3.8) is 0 Å². The van der Waals surface area contributed by atoms with E-state index in [1.54, 1.807) is 48.5 Å². The molecule has 0 amide bonds. The first-order valence-corrected chi connectivity index (χ1v) is 50.8. The van der Waals surface area contributed by atoms with Crippen LogP contribution >= 0.6 is 0 Å². The highest BCUT2D eigenvalue weighted by molar-refractivity contribution is 7.88. The maximum atomic E-state index is 14.5. The molecule has 11 N–H and O–H groups in total. The summed E-state index contributed by atoms with van der Waals surface area (Å²) in [6, 6.07) is 39.6. The van der Waals surface area contributed by atoms with Crippen LogP contribution in [0.4, 0.5) is 22.7 Å². The Labute approximate surface area is 766 Å². The molecule has 16 rings (SSSR count). The van der Waals surface area contributed by atoms with Gasteiger partial charge in [0.05, 0.1) is 81.5 Å². The van der Waals surface area contributed by atoms with Gasteiger partial charge in [0.2, 0.25) is 0 Å². The Balaban J connectivity index is 0.000000219. The fourth-order valence-corrected chi connectivity index (χ4v) is 20.7. The predicted molar refractivity (Wildman–Crippen MR) is 470 cm³/mol. The Morgan fingerprint density at radius 3 is 0.919 bits per heavy atom. The lowest BCUT2D eigenvalue weighted by molar-refractivity contribution is 0.0814. The molecule has 0 saturated heterocycles. The number of aliphatic hydroxyl groups is 2. The van der Waals surface area contributed by atoms with Crippen LogP contribution in [0.25, 0.3) is 54.9 Å². The lowest BCUT2D eigenvalue weighted by Crippen LogP contribution is -2.33. The minimum atomic E-state index is -5.49. The summed E-state index contributed by atoms with van der Waals surface area (Å²) in [4.78, 5) is 110. The van der Waals surface area contributed by atoms with E-state index < -0.39 is 278 Å². The number of carbonyl (C=O) groups is 4. The number of fused-ring (bicyclic) bond motifs is 6. The number of hydrogen-bond donors (Lipinski definition) is 11. The molecule has 54 heteroatoms. The minimum Gasteiger partial charge on any atom is -0.506 e. The summed E-state index contributed by atoms with van der Waals surface area (Å²) in [6.07, 6.45) is -1.47. The van der Waals surface area contributed by atoms with Crippen molar-refractivity contribution in [2.24, 2.45) is 11.8 Å². The van der Waals surface area contributed by atoms with Crippen molar-refractivity contribution in [1.82, 2.24) is 9.97 Å². The average molecular weight is 2060 g/mol. The van der Waals surface area contributed by atoms with Crippen molar-refractivity contribution < 1.29 is 158 Å². The molecule has 2 heterocycles. The summed E-state index contributed by atoms with van der Waals surface area (Å²) in [7, 11) is -46.3. The average Bonchev–Trinajstić information content (AvgIpc) is 0.949. The third-order valence-corrected chi connectivity index (χ3v) is 27.5. The molecule has 0 radical (unpaired) electrons. The highest BCUT2D eigenvalue weighted by atomic mass is 32.2. The lowest BCUT2D eigenvalue weighted by atomic mass is 9.95. The van der Waals surface area contributed by atoms with E-state index in [2.05, 4.69) is 20.6 Å². The minimum absolute atomic E-state index is 0.0278. The van der Waals surface area contributed by atoms with Gasteiger partial charge in [0, 0.05) is 65.0 Å². The third-order valence-electron chi connectivity index (χ3n) is 21.2. The molecule has 44 nitrogen and oxygen atoms in total. The number of Topliss-reactive ketones (excluding diaryl/α,β-unsaturated/α-hetero) is 4. The number of hydrogen-bond acceptors (Lipinski definition) is 37. The number of aryl methyl sites for hydroxylation is 2. The number of nitrogens with one attached hydrogen (secondary N) is 2. The van der Waals surface area contributed by atoms with Gasteiger partial charge >= 0.3 is 31.8 Å². The van der Waals surface area contributed by atoms with Gasteiger partial charge in [0.1, 0.15) is 31.1 Å². The van der Waals surface area contributed by atoms with E-state index in [0.29, 0.717) is 24.3 Å². The molecular formula is C82H56N4O40S10. The predicted octanol–water partition coefficient (Wildman–Crippen LogP) is 4.65. The van der Waals surface area contributed by atoms with Gasteiger partial charge in [0.15, 0.2) is 34.0 Å². The van der Waals surface area contributed by atoms with Crippen LogP contribution in [0.15, 0.2) is 242 Å². The molecule has 0 saturated carbocycles. The highest BCUT2D eigenvalue weighted by Gasteiger charge is 2.41. The van der Waals surface area contributed by atoms with E-state index in [-0.39, 0.29) is 108 Å². The summed E-state index contributed by atoms with van der Waals surface area (Å²) < 4.78 is 325. The standard InChI is InChI=1S/C41H28N2O17S4.C41H28N2O14S3.3O3S/c44-37(19-7-2-1-3-8-19)35-32-22-10-4-5-11-23(22)40(47)33-28(17-31(64(58,59)60)36(34(32)33)43-41(35)48)42-27-15-20(29(62(52,53)54)18-30(27)63(55,56)57)9-6-12-25-38(45)24-14-13-21(61(49,50)51)16-26(24)39(25)46;44-37(20-9-2-1-3-10-20)35-32-22-12-4-5-13-23(22)40(47)33-28(18-31(60(55,56)57)36(34(32)33)43-41(35)48)42-27-17-21(29(58(49,50)51)19-30(27)59(52,53)54)11-8-16-26-38(45)24-14-6-7-15-25(24)39(26)46;3*1-4(2)3/h1-5,7-8,10-11,13-18,25,42,44H,6,9,12H2,(H,49,50,51)(H,52,53,54)(H,55,56,57)(H,58,59,60);1-7,9-10,12-15,17-19,26,42,44H,8,11,16H2,(H,49,50,51)(H,52,53,54)(H,55,56,57);;;. The van der Waals surface area contributed by atoms with Crippen LogP contribution in [0.2, 0.25) is 0 Å². The quantitative estimate of drug-likeness (QED) is 0.0344. The van der Waals surface area contributed by atoms with Gasteiger partial charge in [-0.1, -0.05) is 133 Å². The van der Waals surface area contributed by atoms with Crippen LogP contribution in [0.1, 0.15) is 89.4 Å². The van der Waals surface area contributed by atoms with Crippen molar-refractivity contribution in [3.8, 4) is 0 Å². The summed E-state index contributed by atoms with van der Waals surface area (Å²) >= 11 is 0. The van der Waals surface area contributed by atoms with E-state index in [1.165, 1.54) is 84.9 Å². The maximum Gasteiger partial charge on any atom is 0.425 e. The van der Waals surface area contributed by atoms with Crippen molar-refractivity contribution in [1.29, 1.82) is 0 Å². The molecular weight excluding hydrogens is 2000 g/mol. The van der Waals surface area contributed by atoms with Crippen LogP contribution in [0, 0.1) is 32.7 Å². The van der Waals surface area contributed by atoms with E-state index in [9.17, 15) is 139 Å². The van der Waals surface area contributed by atoms with Gasteiger partial charge < -0.3 is 20.8 Å². The van der Waals surface area contributed by atoms with Crippen molar-refractivity contribution in [3.05, 3.63) is 305 Å². The number of nitrogens with zero attached hydrogens (tertiary/aromatic N) is 2. The molecule has 136 heavy (non-hydrogen) atoms. The molecule has 2 aliphatic heterocycles. The molecule has 10 aromatic rings. The molecule has 6 aliphatic rings. The van der Waals surface area contributed by atoms with Crippen molar-refractivity contribution in [2.45, 2.75) is 72.8 Å². The van der Waals surface area contributed by atoms with Gasteiger partial charge in [-0.05, 0) is 115 Å². The largest absolute Gasteiger partial charge is 0.506 e. The van der Waals surface area contributed by atoms with E-state index in [4.69, 9.17) is 37.9 Å². The van der Waals surface area contributed by atoms with Crippen LogP contribution in [-0.2, 0) is 115 Å². The number of aromatic nitrogens is 2. The Bertz CT molecular complexity index is 9280. The van der Waals surface area contributed by atoms with E-state index >= 15 is 0 Å². The fourth-order valence-electron chi connectivity index (χ4n) is 15.9. The molecule has 704 valence electrons. The number of anilines is 4. The summed E-state index contributed by atoms with van der Waals surface area (Å²) in [6.45, 7) is 0. The molecule has 0 bridgehead atoms. The Morgan fingerprint density at radius 2 is 0.603 bits per heavy atom. The zero-order valence-corrected chi connectivity index (χ0v) is 75.6. The summed E-state index contributed by atoms with van der Waals surface area (Å²) in [5.41, 5.74) is -8.37. The second-order valence-electron chi connectivity index (χ2n) is 29.3. The Morgan fingerprint density at radius 1 is 0.309 bits per heavy atom. The molecule has 0 fully saturated rings. The first-order chi connectivity index (χ1) is 63.3. The normalized spacial score (nSPS) is 14.0. The molecule has 0 spiro atoms. The number of aliphatic hydroxyl groups excluding tert-OH is 2. The SMILES string of the molecule is O=C1c2ccc(S(=O)(=O)O)cc2C(=O)C1CCCc1cc(Nc2cc(S(=O)(=O)O)c3nc(=O)c(=C(O)c4ccccc4)c4c5ccccc5c(=O)c2c3=4)c(S(=O)(=O)O)cc1S(=O)(=O)O.O=C1c2ccccc2C(=O)C1CCCc1cc(Nc2cc(S(=O)(=O)O)c3nc(=O)c(=C(O)c4ccccc4)c4c5ccccc5c(=O)c2c3=4)c(S(=O)(=O)O)cc1S(=O)(=O)O.O=S(=O)=O.O=S(=O)=O.O=S(=O)=O. The smallest absolute Gasteiger partial charge is 0.425 e. The third kappa shape index (κ3) is 20.7. The molecule has 4 aliphatic carbocycles. The van der Waals surface area contributed by atoms with Crippen LogP contribution < -0.4 is 43.0 Å². The molecule has 0 aromatic heterocycles. The lowest BCUT2D eigenvalue weighted by Gasteiger charge is -2.18. The van der Waals surface area contributed by atoms with Gasteiger partial charge in [-0.15, -0.1) is 37.9 Å². The Kier molecular flexibility index (Phi) is 28.4. The molecule has 1 atom stereocenters. The van der Waals surface area contributed by atoms with Gasteiger partial charge in [-0.3, -0.25) is 70.2 Å². The summed E-state index contributed by atoms with van der Waals surface area (Å²) in [5, 5.41) is 25.2. The molecule has 1 unspecified atom stereocenters. The van der Waals surface area contributed by atoms with Crippen LogP contribution in [-0.4, -0.2) is 172 Å². The maximum absolute atomic E-state index is 14.5. The first kappa shape index (κ1) is 101. The number of benzene rings is 10. The van der Waals surface area contributed by atoms with Crippen molar-refractivity contribution >= 4 is 203 Å². The van der Waals surface area contributed by atoms with Crippen LogP contribution in [0.3, 0.4) is 0 Å². The van der Waals surface area contributed by atoms with Crippen molar-refractivity contribution in [2.75, 3.05) is 10.6 Å². The first-order valence-electron chi connectivity index (χ1n) is 37.7. The van der Waals surface area contributed by atoms with Gasteiger partial charge in [0.25, 0.3) is 81.9 Å². The second kappa shape index (κ2) is 38.3. The second-order valence-corrected chi connectivity index (χ2v) is 40.2. The highest BCUT2D eigenvalue weighted by Crippen LogP contribution is 2.41. The van der Waals surface area contributed by atoms with Gasteiger partial charge in [-0.25, -0.2) is 9.97 Å². The molecule has 10 aromatic carbocycles. The van der Waals surface area contributed by atoms with E-state index in [0.717, 1.165) is 30.3 Å². The van der Waals surface area contributed by atoms with Crippen LogP contribution in [0.5, 0.6) is 0 Å². The zero-order chi connectivity index (χ0) is 100. The fraction of sp³-hybridized carbons (Fsp3) is 0.0976. The number of ketones is 4. The topological polar surface area (TPSA) is 761 Å². The summed E-state index contributed by atoms with van der Waals surface area (Å²) in [5.74, 6) is -6.18. The number of carbonyl (C=O) groups excluding carboxylic acids is 4. The Hall–Kier alpha value is -14.2. The monoisotopic (exact) mass is 2060 g/mol. The van der Waals surface area contributed by atoms with E-state index in [1.807, 2.05) is 0 Å².